The number of phenols is 4. The summed E-state index contributed by atoms with van der Waals surface area (Å²) in [5.74, 6) is -7.04. The maximum atomic E-state index is 14.1. The molecule has 5 aliphatic rings. The number of benzene rings is 8. The van der Waals surface area contributed by atoms with E-state index in [0.717, 1.165) is 128 Å². The first kappa shape index (κ1) is 79.9. The number of esters is 4. The van der Waals surface area contributed by atoms with Crippen molar-refractivity contribution in [2.75, 3.05) is 55.6 Å². The molecule has 4 unspecified atom stereocenters. The molecule has 0 saturated heterocycles. The highest BCUT2D eigenvalue weighted by Crippen LogP contribution is 2.55. The molecule has 0 amide bonds. The smallest absolute Gasteiger partial charge is 0.340 e. The predicted octanol–water partition coefficient (Wildman–Crippen LogP) is 19.0. The molecular formula is C92H104O20. The fourth-order valence-electron chi connectivity index (χ4n) is 17.3. The number of fused-ring (bicyclic) bond motifs is 8. The van der Waals surface area contributed by atoms with E-state index in [2.05, 4.69) is 0 Å². The standard InChI is InChI=1S/C92H104O20/c1-89(37-13-9-14-38-89)109-53-105-85(97)61-29-21-57(22-30-61)81-65-45-70(78(102-6)49-73(65)93)83(59-25-33-63(34-26-59)87(99)107-55-111-91(3)41-17-11-18-42-91)67-47-72(80(104-8)51-75(67)95)84(60-27-35-64(36-28-60)88(100)108-56-112-92(4)43-19-12-20-44-92)68-48-71(79(103-7)52-76(68)96)82(66-46-69(81)77(101-5)50-74(66)94)58-23-31-62(32-24-58)86(98)106-54-110-90(2)39-15-10-16-40-90/h21-36,45-52,81-84,93-96H,9-20,37-44,53-56H2,1-8H3. The van der Waals surface area contributed by atoms with Gasteiger partial charge < -0.3 is 77.3 Å². The van der Waals surface area contributed by atoms with Gasteiger partial charge in [0.25, 0.3) is 0 Å². The van der Waals surface area contributed by atoms with Gasteiger partial charge in [-0.15, -0.1) is 0 Å². The van der Waals surface area contributed by atoms with E-state index >= 15 is 0 Å². The molecule has 0 radical (unpaired) electrons. The van der Waals surface area contributed by atoms with Crippen LogP contribution < -0.4 is 18.9 Å². The monoisotopic (exact) mass is 1530 g/mol. The second-order valence-electron chi connectivity index (χ2n) is 31.7. The number of hydrogen-bond acceptors (Lipinski definition) is 20. The number of carbonyl (C=O) groups is 4. The third-order valence-corrected chi connectivity index (χ3v) is 24.0. The molecular weight excluding hydrogens is 1420 g/mol. The van der Waals surface area contributed by atoms with Crippen molar-refractivity contribution in [3.05, 3.63) is 235 Å². The van der Waals surface area contributed by atoms with Gasteiger partial charge in [0, 0.05) is 92.4 Å². The molecule has 20 heteroatoms. The van der Waals surface area contributed by atoms with E-state index < -0.39 is 70.0 Å². The number of methoxy groups -OCH3 is 4. The summed E-state index contributed by atoms with van der Waals surface area (Å²) in [5, 5.41) is 52.2. The SMILES string of the molecule is COc1cc(O)c2cc1C(c1ccc(C(=O)OCOC3(C)CCCCC3)cc1)c1cc(c(OC)cc1O)C(c1ccc(C(=O)OCOC3(C)CCCCC3)cc1)c1cc(c(OC)cc1O)C(c1ccc(C(=O)OCOC3(C)CCCCC3)cc1)c1cc(c(OC)cc1O)C2c1ccc(C(=O)OCOC2(C)CCCCC2)cc1. The maximum absolute atomic E-state index is 14.1. The van der Waals surface area contributed by atoms with Crippen molar-refractivity contribution < 1.29 is 96.4 Å². The molecule has 5 aliphatic carbocycles. The molecule has 0 aromatic heterocycles. The maximum Gasteiger partial charge on any atom is 0.340 e. The van der Waals surface area contributed by atoms with Gasteiger partial charge in [-0.3, -0.25) is 0 Å². The van der Waals surface area contributed by atoms with Crippen molar-refractivity contribution in [3.8, 4) is 46.0 Å². The minimum Gasteiger partial charge on any atom is -0.507 e. The average Bonchev–Trinajstić information content (AvgIpc) is 0.737. The van der Waals surface area contributed by atoms with Crippen LogP contribution in [-0.4, -0.2) is 122 Å². The quantitative estimate of drug-likeness (QED) is 0.0249. The summed E-state index contributed by atoms with van der Waals surface area (Å²) in [6, 6.07) is 40.2. The van der Waals surface area contributed by atoms with E-state index in [1.165, 1.54) is 52.7 Å². The molecule has 4 atom stereocenters. The third kappa shape index (κ3) is 17.9. The van der Waals surface area contributed by atoms with Crippen LogP contribution in [-0.2, 0) is 37.9 Å². The molecule has 20 nitrogen and oxygen atoms in total. The van der Waals surface area contributed by atoms with Crippen LogP contribution in [0.15, 0.2) is 146 Å². The molecule has 4 N–H and O–H groups in total. The summed E-state index contributed by atoms with van der Waals surface area (Å²) in [6.07, 6.45) is 19.4. The molecule has 8 aromatic rings. The Morgan fingerprint density at radius 3 is 0.625 bits per heavy atom. The predicted molar refractivity (Wildman–Crippen MR) is 420 cm³/mol. The molecule has 4 saturated carbocycles. The Morgan fingerprint density at radius 1 is 0.277 bits per heavy atom. The first-order valence-electron chi connectivity index (χ1n) is 39.3. The number of ether oxygens (including phenoxy) is 12. The second-order valence-corrected chi connectivity index (χ2v) is 31.7. The van der Waals surface area contributed by atoms with Crippen LogP contribution in [0.2, 0.25) is 0 Å². The number of rotatable bonds is 24. The minimum absolute atomic E-state index is 0.175. The van der Waals surface area contributed by atoms with E-state index in [-0.39, 0.29) is 118 Å². The van der Waals surface area contributed by atoms with Crippen LogP contribution in [0.3, 0.4) is 0 Å². The lowest BCUT2D eigenvalue weighted by molar-refractivity contribution is -0.127. The second kappa shape index (κ2) is 34.9. The van der Waals surface area contributed by atoms with Crippen LogP contribution in [0, 0.1) is 0 Å². The zero-order valence-corrected chi connectivity index (χ0v) is 65.5. The molecule has 4 fully saturated rings. The summed E-state index contributed by atoms with van der Waals surface area (Å²) in [4.78, 5) is 56.2. The summed E-state index contributed by atoms with van der Waals surface area (Å²) >= 11 is 0. The molecule has 13 rings (SSSR count). The largest absolute Gasteiger partial charge is 0.507 e. The van der Waals surface area contributed by atoms with Crippen molar-refractivity contribution in [1.29, 1.82) is 0 Å². The van der Waals surface area contributed by atoms with Gasteiger partial charge in [-0.2, -0.15) is 0 Å². The average molecular weight is 1530 g/mol. The van der Waals surface area contributed by atoms with Crippen LogP contribution >= 0.6 is 0 Å². The van der Waals surface area contributed by atoms with Crippen molar-refractivity contribution in [2.24, 2.45) is 0 Å². The van der Waals surface area contributed by atoms with Crippen molar-refractivity contribution in [1.82, 2.24) is 0 Å². The lowest BCUT2D eigenvalue weighted by atomic mass is 9.75. The highest BCUT2D eigenvalue weighted by Gasteiger charge is 2.39. The van der Waals surface area contributed by atoms with Gasteiger partial charge >= 0.3 is 23.9 Å². The topological polar surface area (TPSA) is 260 Å². The summed E-state index contributed by atoms with van der Waals surface area (Å²) in [6.45, 7) is 7.15. The summed E-state index contributed by atoms with van der Waals surface area (Å²) in [5.41, 5.74) is 3.92. The Hall–Kier alpha value is -10.1. The Labute approximate surface area is 655 Å². The molecule has 0 aliphatic heterocycles. The van der Waals surface area contributed by atoms with E-state index in [0.29, 0.717) is 44.5 Å². The fraction of sp³-hybridized carbons (Fsp3) is 0.435. The summed E-state index contributed by atoms with van der Waals surface area (Å²) in [7, 11) is 5.86. The zero-order valence-electron chi connectivity index (χ0n) is 65.5. The first-order chi connectivity index (χ1) is 54.0. The number of phenolic OH excluding ortho intramolecular Hbond substituents is 4. The molecule has 8 aromatic carbocycles. The van der Waals surface area contributed by atoms with E-state index in [1.807, 2.05) is 27.7 Å². The number of carbonyl (C=O) groups excluding carboxylic acids is 4. The van der Waals surface area contributed by atoms with Gasteiger partial charge in [0.2, 0.25) is 0 Å². The van der Waals surface area contributed by atoms with Crippen LogP contribution in [0.25, 0.3) is 0 Å². The van der Waals surface area contributed by atoms with Crippen LogP contribution in [0.4, 0.5) is 0 Å². The Balaban J connectivity index is 1.02. The summed E-state index contributed by atoms with van der Waals surface area (Å²) < 4.78 is 73.2. The van der Waals surface area contributed by atoms with Gasteiger partial charge in [-0.25, -0.2) is 19.2 Å². The lowest BCUT2D eigenvalue weighted by Crippen LogP contribution is -2.32. The van der Waals surface area contributed by atoms with Gasteiger partial charge in [-0.1, -0.05) is 126 Å². The third-order valence-electron chi connectivity index (χ3n) is 24.0. The van der Waals surface area contributed by atoms with Gasteiger partial charge in [-0.05, 0) is 174 Å². The van der Waals surface area contributed by atoms with Crippen molar-refractivity contribution in [3.63, 3.8) is 0 Å². The lowest BCUT2D eigenvalue weighted by Gasteiger charge is -2.33. The fourth-order valence-corrected chi connectivity index (χ4v) is 17.3. The van der Waals surface area contributed by atoms with Gasteiger partial charge in [0.15, 0.2) is 27.2 Å². The Morgan fingerprint density at radius 2 is 0.455 bits per heavy atom. The molecule has 0 heterocycles. The molecule has 8 bridgehead atoms. The minimum atomic E-state index is -1.06. The van der Waals surface area contributed by atoms with Crippen molar-refractivity contribution >= 4 is 23.9 Å². The Bertz CT molecular complexity index is 4050. The van der Waals surface area contributed by atoms with E-state index in [9.17, 15) is 39.6 Å². The number of hydrogen-bond donors (Lipinski definition) is 4. The zero-order chi connectivity index (χ0) is 78.9. The molecule has 0 spiro atoms. The van der Waals surface area contributed by atoms with Gasteiger partial charge in [0.1, 0.15) is 46.0 Å². The molecule has 112 heavy (non-hydrogen) atoms. The van der Waals surface area contributed by atoms with Gasteiger partial charge in [0.05, 0.1) is 73.1 Å². The van der Waals surface area contributed by atoms with E-state index in [1.54, 1.807) is 121 Å². The first-order valence-corrected chi connectivity index (χ1v) is 39.3. The van der Waals surface area contributed by atoms with E-state index in [4.69, 9.17) is 56.8 Å². The highest BCUT2D eigenvalue weighted by atomic mass is 16.7. The molecule has 592 valence electrons. The normalized spacial score (nSPS) is 19.6. The number of aromatic hydroxyl groups is 4. The van der Waals surface area contributed by atoms with Crippen LogP contribution in [0.5, 0.6) is 46.0 Å². The van der Waals surface area contributed by atoms with Crippen LogP contribution in [0.1, 0.15) is 288 Å². The Kier molecular flexibility index (Phi) is 24.9. The highest BCUT2D eigenvalue weighted by molar-refractivity contribution is 5.91. The van der Waals surface area contributed by atoms with Crippen molar-refractivity contribution in [2.45, 2.75) is 202 Å².